The molecule has 0 heterocycles. The van der Waals surface area contributed by atoms with Gasteiger partial charge in [-0.15, -0.1) is 0 Å². The highest BCUT2D eigenvalue weighted by atomic mass is 16.3. The van der Waals surface area contributed by atoms with Crippen molar-refractivity contribution in [2.45, 2.75) is 315 Å². The molecule has 0 spiro atoms. The number of carbonyl (C=O) groups is 1. The third kappa shape index (κ3) is 48.2. The molecule has 0 saturated heterocycles. The van der Waals surface area contributed by atoms with Gasteiger partial charge in [-0.25, -0.2) is 0 Å². The second kappa shape index (κ2) is 53.9. The van der Waals surface area contributed by atoms with E-state index in [1.165, 1.54) is 231 Å². The molecule has 64 heavy (non-hydrogen) atoms. The van der Waals surface area contributed by atoms with Gasteiger partial charge in [0.15, 0.2) is 0 Å². The average Bonchev–Trinajstić information content (AvgIpc) is 3.30. The number of hydrogen-bond donors (Lipinski definition) is 4. The van der Waals surface area contributed by atoms with Crippen molar-refractivity contribution in [3.63, 3.8) is 0 Å². The fourth-order valence-electron chi connectivity index (χ4n) is 8.70. The van der Waals surface area contributed by atoms with Crippen molar-refractivity contribution in [2.75, 3.05) is 6.61 Å². The number of nitrogens with one attached hydrogen (secondary N) is 1. The van der Waals surface area contributed by atoms with Crippen LogP contribution in [0, 0.1) is 0 Å². The topological polar surface area (TPSA) is 89.8 Å². The molecule has 0 aliphatic carbocycles. The van der Waals surface area contributed by atoms with Crippen molar-refractivity contribution >= 4 is 5.91 Å². The summed E-state index contributed by atoms with van der Waals surface area (Å²) in [7, 11) is 0. The molecule has 0 fully saturated rings. The van der Waals surface area contributed by atoms with Gasteiger partial charge in [-0.05, 0) is 64.2 Å². The fraction of sp³-hybridized carbons (Fsp3) is 0.847. The van der Waals surface area contributed by atoms with Crippen LogP contribution in [0.4, 0.5) is 0 Å². The van der Waals surface area contributed by atoms with E-state index in [-0.39, 0.29) is 6.61 Å². The molecule has 0 bridgehead atoms. The number of aliphatic hydroxyl groups is 3. The number of carbonyl (C=O) groups excluding carboxylic acids is 1. The van der Waals surface area contributed by atoms with Gasteiger partial charge in [0, 0.05) is 0 Å². The van der Waals surface area contributed by atoms with E-state index in [9.17, 15) is 20.1 Å². The Morgan fingerprint density at radius 3 is 1.05 bits per heavy atom. The van der Waals surface area contributed by atoms with Crippen LogP contribution in [0.2, 0.25) is 0 Å². The smallest absolute Gasteiger partial charge is 0.249 e. The molecule has 0 saturated carbocycles. The van der Waals surface area contributed by atoms with Gasteiger partial charge in [-0.1, -0.05) is 281 Å². The number of aliphatic hydroxyl groups excluding tert-OH is 3. The molecule has 5 nitrogen and oxygen atoms in total. The molecular formula is C59H111NO4. The third-order valence-electron chi connectivity index (χ3n) is 13.1. The predicted molar refractivity (Wildman–Crippen MR) is 282 cm³/mol. The first-order chi connectivity index (χ1) is 31.6. The Kier molecular flexibility index (Phi) is 52.5. The Bertz CT molecular complexity index is 1040. The number of unbranched alkanes of at least 4 members (excludes halogenated alkanes) is 38. The Balaban J connectivity index is 3.63. The summed E-state index contributed by atoms with van der Waals surface area (Å²) < 4.78 is 0. The molecule has 3 unspecified atom stereocenters. The Hall–Kier alpha value is -1.69. The number of allylic oxidation sites excluding steroid dienone is 7. The van der Waals surface area contributed by atoms with E-state index in [1.54, 1.807) is 6.08 Å². The molecule has 3 atom stereocenters. The molecule has 0 aliphatic heterocycles. The van der Waals surface area contributed by atoms with Crippen molar-refractivity contribution in [3.8, 4) is 0 Å². The summed E-state index contributed by atoms with van der Waals surface area (Å²) >= 11 is 0. The largest absolute Gasteiger partial charge is 0.394 e. The molecule has 1 amide bonds. The molecule has 0 rings (SSSR count). The highest BCUT2D eigenvalue weighted by Crippen LogP contribution is 2.17. The Labute approximate surface area is 399 Å². The zero-order valence-electron chi connectivity index (χ0n) is 42.9. The quantitative estimate of drug-likeness (QED) is 0.0362. The molecular weight excluding hydrogens is 787 g/mol. The zero-order valence-corrected chi connectivity index (χ0v) is 42.9. The number of amides is 1. The van der Waals surface area contributed by atoms with E-state index >= 15 is 0 Å². The predicted octanol–water partition coefficient (Wildman–Crippen LogP) is 17.6. The Morgan fingerprint density at radius 1 is 0.391 bits per heavy atom. The van der Waals surface area contributed by atoms with Gasteiger partial charge in [0.1, 0.15) is 6.10 Å². The summed E-state index contributed by atoms with van der Waals surface area (Å²) in [6.07, 6.45) is 71.9. The van der Waals surface area contributed by atoms with Gasteiger partial charge < -0.3 is 20.6 Å². The lowest BCUT2D eigenvalue weighted by Crippen LogP contribution is -2.48. The van der Waals surface area contributed by atoms with Crippen LogP contribution in [0.1, 0.15) is 296 Å². The molecule has 0 aromatic heterocycles. The summed E-state index contributed by atoms with van der Waals surface area (Å²) in [6, 6.07) is -0.818. The van der Waals surface area contributed by atoms with Crippen molar-refractivity contribution in [3.05, 3.63) is 48.6 Å². The summed E-state index contributed by atoms with van der Waals surface area (Å²) in [5, 5.41) is 33.4. The van der Waals surface area contributed by atoms with Gasteiger partial charge in [0.05, 0.1) is 18.8 Å². The van der Waals surface area contributed by atoms with Crippen LogP contribution < -0.4 is 5.32 Å². The molecule has 0 aromatic carbocycles. The van der Waals surface area contributed by atoms with Crippen molar-refractivity contribution in [2.24, 2.45) is 0 Å². The van der Waals surface area contributed by atoms with Gasteiger partial charge in [0.25, 0.3) is 0 Å². The summed E-state index contributed by atoms with van der Waals surface area (Å²) in [5.74, 6) is -0.513. The lowest BCUT2D eigenvalue weighted by Gasteiger charge is -2.21. The highest BCUT2D eigenvalue weighted by Gasteiger charge is 2.22. The van der Waals surface area contributed by atoms with Crippen molar-refractivity contribution < 1.29 is 20.1 Å². The van der Waals surface area contributed by atoms with Crippen LogP contribution in [0.5, 0.6) is 0 Å². The minimum Gasteiger partial charge on any atom is -0.394 e. The van der Waals surface area contributed by atoms with E-state index < -0.39 is 24.2 Å². The van der Waals surface area contributed by atoms with Crippen LogP contribution in [0.3, 0.4) is 0 Å². The Morgan fingerprint density at radius 2 is 0.688 bits per heavy atom. The zero-order chi connectivity index (χ0) is 46.5. The maximum atomic E-state index is 12.6. The van der Waals surface area contributed by atoms with Crippen LogP contribution in [-0.4, -0.2) is 46.1 Å². The second-order valence-corrected chi connectivity index (χ2v) is 19.5. The van der Waals surface area contributed by atoms with Crippen molar-refractivity contribution in [1.82, 2.24) is 5.32 Å². The minimum absolute atomic E-state index is 0.377. The maximum absolute atomic E-state index is 12.6. The van der Waals surface area contributed by atoms with Gasteiger partial charge in [-0.2, -0.15) is 0 Å². The third-order valence-corrected chi connectivity index (χ3v) is 13.1. The first-order valence-corrected chi connectivity index (χ1v) is 28.5. The molecule has 0 aromatic rings. The van der Waals surface area contributed by atoms with Crippen LogP contribution in [-0.2, 0) is 4.79 Å². The summed E-state index contributed by atoms with van der Waals surface area (Å²) in [6.45, 7) is 4.20. The van der Waals surface area contributed by atoms with Gasteiger partial charge in [0.2, 0.25) is 5.91 Å². The standard InChI is InChI=1S/C59H111NO4/c1-3-5-7-9-11-13-15-17-19-21-23-25-27-29-30-32-34-36-38-40-42-44-46-48-50-52-54-58(63)59(64)60-56(55-61)57(62)53-51-49-47-45-43-41-39-37-35-33-31-28-26-24-22-20-18-16-14-12-10-8-6-4-2/h23,25,29-30,43,45,51,53,56-58,61-63H,3-22,24,26-28,31-42,44,46-50,52,54-55H2,1-2H3,(H,60,64)/b25-23-,30-29-,45-43+,53-51+. The summed E-state index contributed by atoms with van der Waals surface area (Å²) in [4.78, 5) is 12.6. The molecule has 5 heteroatoms. The molecule has 0 aliphatic rings. The number of hydrogen-bond acceptors (Lipinski definition) is 4. The van der Waals surface area contributed by atoms with E-state index in [0.29, 0.717) is 6.42 Å². The first-order valence-electron chi connectivity index (χ1n) is 28.5. The van der Waals surface area contributed by atoms with Crippen LogP contribution in [0.15, 0.2) is 48.6 Å². The maximum Gasteiger partial charge on any atom is 0.249 e. The van der Waals surface area contributed by atoms with E-state index in [2.05, 4.69) is 55.6 Å². The van der Waals surface area contributed by atoms with Crippen molar-refractivity contribution in [1.29, 1.82) is 0 Å². The lowest BCUT2D eigenvalue weighted by molar-refractivity contribution is -0.131. The molecule has 4 N–H and O–H groups in total. The second-order valence-electron chi connectivity index (χ2n) is 19.5. The van der Waals surface area contributed by atoms with Gasteiger partial charge >= 0.3 is 0 Å². The van der Waals surface area contributed by atoms with E-state index in [1.807, 2.05) is 6.08 Å². The van der Waals surface area contributed by atoms with Crippen LogP contribution in [0.25, 0.3) is 0 Å². The van der Waals surface area contributed by atoms with E-state index in [4.69, 9.17) is 0 Å². The fourth-order valence-corrected chi connectivity index (χ4v) is 8.70. The van der Waals surface area contributed by atoms with Crippen LogP contribution >= 0.6 is 0 Å². The number of rotatable bonds is 52. The minimum atomic E-state index is -1.11. The lowest BCUT2D eigenvalue weighted by atomic mass is 10.0. The highest BCUT2D eigenvalue weighted by molar-refractivity contribution is 5.80. The first kappa shape index (κ1) is 62.3. The monoisotopic (exact) mass is 898 g/mol. The van der Waals surface area contributed by atoms with E-state index in [0.717, 1.165) is 44.9 Å². The molecule has 0 radical (unpaired) electrons. The molecule has 376 valence electrons. The SMILES string of the molecule is CCCCCCCCCCC/C=C\C/C=C\CCCCCCCCCCCCC(O)C(=O)NC(CO)C(O)/C=C/CC/C=C/CCCCCCCCCCCCCCCCCCCC. The van der Waals surface area contributed by atoms with Gasteiger partial charge in [-0.3, -0.25) is 4.79 Å². The normalized spacial score (nSPS) is 13.6. The summed E-state index contributed by atoms with van der Waals surface area (Å²) in [5.41, 5.74) is 0. The average molecular weight is 899 g/mol.